The van der Waals surface area contributed by atoms with Crippen LogP contribution in [-0.2, 0) is 0 Å². The molecule has 94 valence electrons. The molecule has 7 nitrogen and oxygen atoms in total. The summed E-state index contributed by atoms with van der Waals surface area (Å²) < 4.78 is 0. The van der Waals surface area contributed by atoms with Gasteiger partial charge in [-0.15, -0.1) is 0 Å². The van der Waals surface area contributed by atoms with Gasteiger partial charge in [0.2, 0.25) is 0 Å². The Morgan fingerprint density at radius 1 is 1.53 bits per heavy atom. The third-order valence-corrected chi connectivity index (χ3v) is 2.97. The lowest BCUT2D eigenvalue weighted by atomic mass is 10.2. The molecule has 2 aromatic rings. The van der Waals surface area contributed by atoms with Crippen molar-refractivity contribution in [2.24, 2.45) is 0 Å². The van der Waals surface area contributed by atoms with Crippen molar-refractivity contribution in [2.75, 3.05) is 5.32 Å². The van der Waals surface area contributed by atoms with Gasteiger partial charge in [0.15, 0.2) is 5.13 Å². The molecular weight excluding hydrogens is 268 g/mol. The fourth-order valence-electron chi connectivity index (χ4n) is 1.31. The van der Waals surface area contributed by atoms with Crippen LogP contribution in [0.3, 0.4) is 0 Å². The summed E-state index contributed by atoms with van der Waals surface area (Å²) >= 11 is 1.03. The topological polar surface area (TPSA) is 109 Å². The van der Waals surface area contributed by atoms with Crippen molar-refractivity contribution in [1.29, 1.82) is 5.26 Å². The SMILES string of the molecule is N#Cc1cnc(NC(=O)c2cccc([N+](=O)[O-])c2)s1. The first-order valence-corrected chi connectivity index (χ1v) is 5.83. The van der Waals surface area contributed by atoms with Crippen LogP contribution in [0.2, 0.25) is 0 Å². The smallest absolute Gasteiger partial charge is 0.270 e. The maximum Gasteiger partial charge on any atom is 0.270 e. The van der Waals surface area contributed by atoms with Gasteiger partial charge in [-0.3, -0.25) is 20.2 Å². The van der Waals surface area contributed by atoms with Gasteiger partial charge in [-0.05, 0) is 6.07 Å². The van der Waals surface area contributed by atoms with Crippen molar-refractivity contribution in [2.45, 2.75) is 0 Å². The Bertz CT molecular complexity index is 689. The maximum atomic E-state index is 11.8. The minimum Gasteiger partial charge on any atom is -0.298 e. The van der Waals surface area contributed by atoms with Crippen molar-refractivity contribution < 1.29 is 9.72 Å². The molecule has 0 bridgehead atoms. The molecule has 0 radical (unpaired) electrons. The molecule has 0 atom stereocenters. The molecule has 1 aromatic heterocycles. The number of carbonyl (C=O) groups excluding carboxylic acids is 1. The number of non-ortho nitro benzene ring substituents is 1. The van der Waals surface area contributed by atoms with Crippen LogP contribution in [0.1, 0.15) is 15.2 Å². The van der Waals surface area contributed by atoms with E-state index in [0.717, 1.165) is 11.3 Å². The largest absolute Gasteiger partial charge is 0.298 e. The normalized spacial score (nSPS) is 9.63. The Kier molecular flexibility index (Phi) is 3.49. The van der Waals surface area contributed by atoms with E-state index in [4.69, 9.17) is 5.26 Å². The number of amides is 1. The lowest BCUT2D eigenvalue weighted by molar-refractivity contribution is -0.384. The second kappa shape index (κ2) is 5.24. The van der Waals surface area contributed by atoms with Gasteiger partial charge in [0.25, 0.3) is 11.6 Å². The first-order chi connectivity index (χ1) is 9.10. The predicted octanol–water partition coefficient (Wildman–Crippen LogP) is 2.18. The van der Waals surface area contributed by atoms with Gasteiger partial charge in [-0.2, -0.15) is 5.26 Å². The standard InChI is InChI=1S/C11H6N4O3S/c12-5-9-6-13-11(19-9)14-10(16)7-2-1-3-8(4-7)15(17)18/h1-4,6H,(H,13,14,16). The average molecular weight is 274 g/mol. The number of anilines is 1. The van der Waals surface area contributed by atoms with Crippen molar-refractivity contribution in [3.05, 3.63) is 51.0 Å². The van der Waals surface area contributed by atoms with Crippen LogP contribution < -0.4 is 5.32 Å². The van der Waals surface area contributed by atoms with Crippen LogP contribution in [0.5, 0.6) is 0 Å². The highest BCUT2D eigenvalue weighted by atomic mass is 32.1. The Hall–Kier alpha value is -2.79. The monoisotopic (exact) mass is 274 g/mol. The van der Waals surface area contributed by atoms with Crippen molar-refractivity contribution >= 4 is 28.1 Å². The fraction of sp³-hybridized carbons (Fsp3) is 0. The predicted molar refractivity (Wildman–Crippen MR) is 67.9 cm³/mol. The second-order valence-electron chi connectivity index (χ2n) is 3.40. The van der Waals surface area contributed by atoms with Crippen molar-refractivity contribution in [3.63, 3.8) is 0 Å². The van der Waals surface area contributed by atoms with E-state index < -0.39 is 10.8 Å². The summed E-state index contributed by atoms with van der Waals surface area (Å²) in [5, 5.41) is 22.0. The molecule has 1 N–H and O–H groups in total. The molecule has 19 heavy (non-hydrogen) atoms. The van der Waals surface area contributed by atoms with E-state index in [1.165, 1.54) is 30.5 Å². The highest BCUT2D eigenvalue weighted by Gasteiger charge is 2.13. The highest BCUT2D eigenvalue weighted by Crippen LogP contribution is 2.19. The lowest BCUT2D eigenvalue weighted by Gasteiger charge is -2.01. The Labute approximate surface area is 111 Å². The highest BCUT2D eigenvalue weighted by molar-refractivity contribution is 7.16. The third-order valence-electron chi connectivity index (χ3n) is 2.16. The zero-order valence-corrected chi connectivity index (χ0v) is 10.2. The molecule has 2 rings (SSSR count). The number of hydrogen-bond acceptors (Lipinski definition) is 6. The first kappa shape index (κ1) is 12.7. The fourth-order valence-corrected chi connectivity index (χ4v) is 1.92. The number of nitro groups is 1. The summed E-state index contributed by atoms with van der Waals surface area (Å²) in [5.74, 6) is -0.512. The summed E-state index contributed by atoms with van der Waals surface area (Å²) in [6, 6.07) is 7.26. The van der Waals surface area contributed by atoms with E-state index in [9.17, 15) is 14.9 Å². The number of nitrogens with zero attached hydrogens (tertiary/aromatic N) is 3. The van der Waals surface area contributed by atoms with E-state index >= 15 is 0 Å². The molecule has 0 aliphatic carbocycles. The van der Waals surface area contributed by atoms with Gasteiger partial charge in [0.05, 0.1) is 11.1 Å². The number of nitriles is 1. The molecule has 8 heteroatoms. The van der Waals surface area contributed by atoms with Crippen molar-refractivity contribution in [3.8, 4) is 6.07 Å². The number of aromatic nitrogens is 1. The quantitative estimate of drug-likeness (QED) is 0.681. The summed E-state index contributed by atoms with van der Waals surface area (Å²) in [7, 11) is 0. The van der Waals surface area contributed by atoms with Crippen LogP contribution in [0, 0.1) is 21.4 Å². The van der Waals surface area contributed by atoms with Crippen LogP contribution in [0.4, 0.5) is 10.8 Å². The second-order valence-corrected chi connectivity index (χ2v) is 4.43. The molecule has 1 amide bonds. The summed E-state index contributed by atoms with van der Waals surface area (Å²) in [5.41, 5.74) is -0.00703. The lowest BCUT2D eigenvalue weighted by Crippen LogP contribution is -2.11. The van der Waals surface area contributed by atoms with Gasteiger partial charge in [0, 0.05) is 17.7 Å². The molecular formula is C11H6N4O3S. The van der Waals surface area contributed by atoms with E-state index in [0.29, 0.717) is 4.88 Å². The van der Waals surface area contributed by atoms with Crippen LogP contribution in [0.25, 0.3) is 0 Å². The van der Waals surface area contributed by atoms with Gasteiger partial charge in [0.1, 0.15) is 10.9 Å². The number of hydrogen-bond donors (Lipinski definition) is 1. The number of nitrogens with one attached hydrogen (secondary N) is 1. The van der Waals surface area contributed by atoms with Crippen LogP contribution in [0.15, 0.2) is 30.5 Å². The van der Waals surface area contributed by atoms with Gasteiger partial charge >= 0.3 is 0 Å². The molecule has 1 aromatic carbocycles. The van der Waals surface area contributed by atoms with Gasteiger partial charge < -0.3 is 0 Å². The van der Waals surface area contributed by atoms with Gasteiger partial charge in [-0.25, -0.2) is 4.98 Å². The third kappa shape index (κ3) is 2.91. The summed E-state index contributed by atoms with van der Waals surface area (Å²) in [6.45, 7) is 0. The van der Waals surface area contributed by atoms with Gasteiger partial charge in [-0.1, -0.05) is 17.4 Å². The first-order valence-electron chi connectivity index (χ1n) is 5.02. The average Bonchev–Trinajstić information content (AvgIpc) is 2.86. The molecule has 0 aliphatic rings. The van der Waals surface area contributed by atoms with E-state index in [-0.39, 0.29) is 16.4 Å². The zero-order valence-electron chi connectivity index (χ0n) is 9.36. The molecule has 0 saturated heterocycles. The number of rotatable bonds is 3. The molecule has 0 aliphatic heterocycles. The van der Waals surface area contributed by atoms with Crippen molar-refractivity contribution in [1.82, 2.24) is 4.98 Å². The number of benzene rings is 1. The van der Waals surface area contributed by atoms with E-state index in [1.54, 1.807) is 0 Å². The van der Waals surface area contributed by atoms with Crippen LogP contribution in [-0.4, -0.2) is 15.8 Å². The van der Waals surface area contributed by atoms with E-state index in [1.807, 2.05) is 6.07 Å². The number of carbonyl (C=O) groups is 1. The van der Waals surface area contributed by atoms with E-state index in [2.05, 4.69) is 10.3 Å². The molecule has 0 fully saturated rings. The Balaban J connectivity index is 2.18. The molecule has 0 spiro atoms. The molecule has 0 unspecified atom stereocenters. The zero-order chi connectivity index (χ0) is 13.8. The Morgan fingerprint density at radius 2 is 2.32 bits per heavy atom. The number of nitro benzene ring substituents is 1. The minimum absolute atomic E-state index is 0.155. The number of thiazole rings is 1. The summed E-state index contributed by atoms with van der Waals surface area (Å²) in [4.78, 5) is 26.1. The molecule has 0 saturated carbocycles. The Morgan fingerprint density at radius 3 is 2.95 bits per heavy atom. The minimum atomic E-state index is -0.575. The van der Waals surface area contributed by atoms with Crippen LogP contribution >= 0.6 is 11.3 Å². The molecule has 1 heterocycles. The summed E-state index contributed by atoms with van der Waals surface area (Å²) in [6.07, 6.45) is 1.34. The maximum absolute atomic E-state index is 11.8.